The zero-order valence-corrected chi connectivity index (χ0v) is 14.6. The zero-order chi connectivity index (χ0) is 17.2. The van der Waals surface area contributed by atoms with Crippen LogP contribution in [0.4, 0.5) is 0 Å². The van der Waals surface area contributed by atoms with Crippen LogP contribution in [0, 0.1) is 0 Å². The first-order valence-corrected chi connectivity index (χ1v) is 9.01. The van der Waals surface area contributed by atoms with E-state index in [0.717, 1.165) is 32.1 Å². The number of allylic oxidation sites excluding steroid dienone is 5. The van der Waals surface area contributed by atoms with Crippen molar-refractivity contribution < 1.29 is 15.0 Å². The van der Waals surface area contributed by atoms with Crippen LogP contribution in [0.1, 0.15) is 77.6 Å². The maximum absolute atomic E-state index is 10.3. The molecule has 0 saturated heterocycles. The number of hydrogen-bond donors (Lipinski definition) is 2. The molecule has 3 nitrogen and oxygen atoms in total. The van der Waals surface area contributed by atoms with E-state index in [9.17, 15) is 9.90 Å². The molecule has 0 unspecified atom stereocenters. The predicted octanol–water partition coefficient (Wildman–Crippen LogP) is 5.41. The Morgan fingerprint density at radius 1 is 0.913 bits per heavy atom. The zero-order valence-electron chi connectivity index (χ0n) is 14.6. The molecule has 0 aliphatic heterocycles. The summed E-state index contributed by atoms with van der Waals surface area (Å²) in [6, 6.07) is 0. The molecule has 3 heteroatoms. The van der Waals surface area contributed by atoms with Gasteiger partial charge in [-0.15, -0.1) is 0 Å². The van der Waals surface area contributed by atoms with Crippen LogP contribution in [0.15, 0.2) is 36.5 Å². The highest BCUT2D eigenvalue weighted by Crippen LogP contribution is 2.06. The van der Waals surface area contributed by atoms with Crippen molar-refractivity contribution in [2.75, 3.05) is 0 Å². The lowest BCUT2D eigenvalue weighted by molar-refractivity contribution is -0.137. The van der Waals surface area contributed by atoms with Crippen molar-refractivity contribution in [2.24, 2.45) is 0 Å². The third-order valence-electron chi connectivity index (χ3n) is 3.58. The summed E-state index contributed by atoms with van der Waals surface area (Å²) in [5.74, 6) is -0.733. The van der Waals surface area contributed by atoms with Crippen LogP contribution < -0.4 is 0 Å². The van der Waals surface area contributed by atoms with Crippen LogP contribution in [0.2, 0.25) is 0 Å². The first kappa shape index (κ1) is 21.6. The molecule has 0 saturated carbocycles. The smallest absolute Gasteiger partial charge is 0.303 e. The van der Waals surface area contributed by atoms with Gasteiger partial charge in [0.25, 0.3) is 0 Å². The van der Waals surface area contributed by atoms with Gasteiger partial charge in [-0.2, -0.15) is 0 Å². The Balaban J connectivity index is 3.48. The molecule has 0 aliphatic rings. The standard InChI is InChI=1S/C20H34O3/c1-2-3-4-5-7-10-13-16-19(21)17-14-11-8-6-9-12-15-18-20(22)23/h6-7,9-11,14,19,21H,2-5,8,12-13,15-18H2,1H3,(H,22,23)/t19-/m0/s1. The van der Waals surface area contributed by atoms with Gasteiger partial charge >= 0.3 is 5.97 Å². The Kier molecular flexibility index (Phi) is 16.0. The van der Waals surface area contributed by atoms with E-state index in [2.05, 4.69) is 25.2 Å². The topological polar surface area (TPSA) is 57.5 Å². The van der Waals surface area contributed by atoms with Gasteiger partial charge in [-0.1, -0.05) is 56.2 Å². The number of carboxylic acids is 1. The minimum atomic E-state index is -0.733. The van der Waals surface area contributed by atoms with Gasteiger partial charge in [-0.3, -0.25) is 4.79 Å². The normalized spacial score (nSPS) is 13.5. The summed E-state index contributed by atoms with van der Waals surface area (Å²) in [4.78, 5) is 10.3. The third kappa shape index (κ3) is 18.6. The van der Waals surface area contributed by atoms with Gasteiger partial charge in [0, 0.05) is 6.42 Å². The number of carbonyl (C=O) groups is 1. The summed E-state index contributed by atoms with van der Waals surface area (Å²) in [6.07, 6.45) is 22.3. The van der Waals surface area contributed by atoms with Gasteiger partial charge in [-0.05, 0) is 51.4 Å². The molecule has 0 aliphatic carbocycles. The fourth-order valence-electron chi connectivity index (χ4n) is 2.17. The van der Waals surface area contributed by atoms with E-state index in [0.29, 0.717) is 12.8 Å². The van der Waals surface area contributed by atoms with Gasteiger partial charge in [0.2, 0.25) is 0 Å². The summed E-state index contributed by atoms with van der Waals surface area (Å²) in [7, 11) is 0. The molecule has 0 aromatic carbocycles. The Bertz CT molecular complexity index is 356. The number of rotatable bonds is 15. The summed E-state index contributed by atoms with van der Waals surface area (Å²) in [6.45, 7) is 2.21. The Morgan fingerprint density at radius 3 is 2.30 bits per heavy atom. The molecule has 0 spiro atoms. The molecular weight excluding hydrogens is 288 g/mol. The molecule has 0 bridgehead atoms. The molecule has 0 fully saturated rings. The first-order valence-electron chi connectivity index (χ1n) is 9.01. The van der Waals surface area contributed by atoms with Gasteiger partial charge in [0.15, 0.2) is 0 Å². The quantitative estimate of drug-likeness (QED) is 0.313. The van der Waals surface area contributed by atoms with Crippen molar-refractivity contribution in [1.29, 1.82) is 0 Å². The monoisotopic (exact) mass is 322 g/mol. The van der Waals surface area contributed by atoms with Gasteiger partial charge < -0.3 is 10.2 Å². The summed E-state index contributed by atoms with van der Waals surface area (Å²) in [5, 5.41) is 18.4. The van der Waals surface area contributed by atoms with Crippen LogP contribution in [-0.2, 0) is 4.79 Å². The number of aliphatic carboxylic acids is 1. The molecule has 23 heavy (non-hydrogen) atoms. The fourth-order valence-corrected chi connectivity index (χ4v) is 2.17. The van der Waals surface area contributed by atoms with E-state index in [4.69, 9.17) is 5.11 Å². The summed E-state index contributed by atoms with van der Waals surface area (Å²) in [5.41, 5.74) is 0. The number of aliphatic hydroxyl groups is 1. The van der Waals surface area contributed by atoms with Gasteiger partial charge in [-0.25, -0.2) is 0 Å². The van der Waals surface area contributed by atoms with Crippen LogP contribution >= 0.6 is 0 Å². The summed E-state index contributed by atoms with van der Waals surface area (Å²) >= 11 is 0. The molecule has 0 rings (SSSR count). The summed E-state index contributed by atoms with van der Waals surface area (Å²) < 4.78 is 0. The van der Waals surface area contributed by atoms with Crippen molar-refractivity contribution in [1.82, 2.24) is 0 Å². The minimum absolute atomic E-state index is 0.236. The Morgan fingerprint density at radius 2 is 1.57 bits per heavy atom. The van der Waals surface area contributed by atoms with Crippen LogP contribution in [-0.4, -0.2) is 22.3 Å². The molecule has 0 heterocycles. The Hall–Kier alpha value is -1.35. The maximum Gasteiger partial charge on any atom is 0.303 e. The van der Waals surface area contributed by atoms with E-state index in [1.54, 1.807) is 0 Å². The number of aliphatic hydroxyl groups excluding tert-OH is 1. The van der Waals surface area contributed by atoms with Crippen LogP contribution in [0.25, 0.3) is 0 Å². The van der Waals surface area contributed by atoms with E-state index < -0.39 is 5.97 Å². The molecule has 1 atom stereocenters. The highest BCUT2D eigenvalue weighted by Gasteiger charge is 1.98. The average molecular weight is 322 g/mol. The highest BCUT2D eigenvalue weighted by atomic mass is 16.4. The maximum atomic E-state index is 10.3. The van der Waals surface area contributed by atoms with Crippen molar-refractivity contribution in [3.63, 3.8) is 0 Å². The fraction of sp³-hybridized carbons (Fsp3) is 0.650. The lowest BCUT2D eigenvalue weighted by Gasteiger charge is -2.04. The highest BCUT2D eigenvalue weighted by molar-refractivity contribution is 5.66. The molecule has 2 N–H and O–H groups in total. The van der Waals surface area contributed by atoms with E-state index in [-0.39, 0.29) is 12.5 Å². The lowest BCUT2D eigenvalue weighted by atomic mass is 10.1. The number of hydrogen-bond acceptors (Lipinski definition) is 2. The second kappa shape index (κ2) is 17.0. The first-order chi connectivity index (χ1) is 11.2. The second-order valence-electron chi connectivity index (χ2n) is 5.90. The second-order valence-corrected chi connectivity index (χ2v) is 5.90. The van der Waals surface area contributed by atoms with E-state index in [1.165, 1.54) is 19.3 Å². The molecule has 0 radical (unpaired) electrons. The van der Waals surface area contributed by atoms with Crippen molar-refractivity contribution in [3.8, 4) is 0 Å². The average Bonchev–Trinajstić information content (AvgIpc) is 2.52. The van der Waals surface area contributed by atoms with Gasteiger partial charge in [0.05, 0.1) is 6.10 Å². The molecule has 0 aromatic heterocycles. The van der Waals surface area contributed by atoms with Crippen molar-refractivity contribution >= 4 is 5.97 Å². The molecule has 0 amide bonds. The third-order valence-corrected chi connectivity index (χ3v) is 3.58. The predicted molar refractivity (Wildman–Crippen MR) is 97.5 cm³/mol. The molecule has 0 aromatic rings. The van der Waals surface area contributed by atoms with Gasteiger partial charge in [0.1, 0.15) is 0 Å². The SMILES string of the molecule is CCCCCC=CCC[C@H](O)CC=CCC=CCCCC(=O)O. The van der Waals surface area contributed by atoms with Crippen molar-refractivity contribution in [2.45, 2.75) is 83.7 Å². The van der Waals surface area contributed by atoms with Crippen molar-refractivity contribution in [3.05, 3.63) is 36.5 Å². The minimum Gasteiger partial charge on any atom is -0.481 e. The van der Waals surface area contributed by atoms with Crippen LogP contribution in [0.5, 0.6) is 0 Å². The Labute approximate surface area is 141 Å². The number of unbranched alkanes of at least 4 members (excludes halogenated alkanes) is 4. The van der Waals surface area contributed by atoms with Crippen LogP contribution in [0.3, 0.4) is 0 Å². The van der Waals surface area contributed by atoms with E-state index in [1.807, 2.05) is 18.2 Å². The molecular formula is C20H34O3. The van der Waals surface area contributed by atoms with E-state index >= 15 is 0 Å². The largest absolute Gasteiger partial charge is 0.481 e. The lowest BCUT2D eigenvalue weighted by Crippen LogP contribution is -2.03. The number of carboxylic acid groups (broad SMARTS) is 1. The molecule has 132 valence electrons.